The van der Waals surface area contributed by atoms with Crippen LogP contribution >= 0.6 is 0 Å². The van der Waals surface area contributed by atoms with Gasteiger partial charge in [0.1, 0.15) is 5.82 Å². The number of hydrogen-bond donors (Lipinski definition) is 2. The zero-order valence-electron chi connectivity index (χ0n) is 15.0. The summed E-state index contributed by atoms with van der Waals surface area (Å²) in [5, 5.41) is 3.23. The van der Waals surface area contributed by atoms with Crippen LogP contribution in [-0.2, 0) is 10.0 Å². The van der Waals surface area contributed by atoms with Crippen LogP contribution in [0.4, 0.5) is 10.1 Å². The Kier molecular flexibility index (Phi) is 5.76. The number of carbonyl (C=O) groups is 1. The average Bonchev–Trinajstić information content (AvgIpc) is 2.90. The van der Waals surface area contributed by atoms with Gasteiger partial charge in [0.25, 0.3) is 15.9 Å². The van der Waals surface area contributed by atoms with Gasteiger partial charge in [0.15, 0.2) is 0 Å². The van der Waals surface area contributed by atoms with Crippen molar-refractivity contribution in [3.63, 3.8) is 0 Å². The number of sulfonamides is 1. The Bertz CT molecular complexity index is 939. The lowest BCUT2D eigenvalue weighted by atomic mass is 10.1. The van der Waals surface area contributed by atoms with E-state index in [-0.39, 0.29) is 16.5 Å². The first-order valence-corrected chi connectivity index (χ1v) is 10.2. The predicted molar refractivity (Wildman–Crippen MR) is 102 cm³/mol. The first-order valence-electron chi connectivity index (χ1n) is 8.76. The molecule has 1 aliphatic rings. The molecule has 1 heterocycles. The maximum Gasteiger partial charge on any atom is 0.262 e. The van der Waals surface area contributed by atoms with Crippen LogP contribution in [0.15, 0.2) is 47.4 Å². The summed E-state index contributed by atoms with van der Waals surface area (Å²) in [5.41, 5.74) is 0.802. The van der Waals surface area contributed by atoms with Gasteiger partial charge in [-0.3, -0.25) is 9.52 Å². The van der Waals surface area contributed by atoms with Gasteiger partial charge in [0.2, 0.25) is 0 Å². The van der Waals surface area contributed by atoms with Crippen LogP contribution in [0.25, 0.3) is 0 Å². The molecule has 3 rings (SSSR count). The lowest BCUT2D eigenvalue weighted by molar-refractivity contribution is 0.0767. The highest BCUT2D eigenvalue weighted by Crippen LogP contribution is 2.24. The van der Waals surface area contributed by atoms with Gasteiger partial charge in [-0.2, -0.15) is 0 Å². The Labute approximate surface area is 158 Å². The monoisotopic (exact) mass is 391 g/mol. The highest BCUT2D eigenvalue weighted by Gasteiger charge is 2.23. The molecule has 0 aromatic heterocycles. The van der Waals surface area contributed by atoms with E-state index >= 15 is 0 Å². The number of halogens is 1. The SMILES string of the molecule is Cc1cc(F)ccc1S(=O)(=O)Nc1ccccc1C(=O)N1CCCNCC1. The molecular weight excluding hydrogens is 369 g/mol. The number of carbonyl (C=O) groups excluding carboxylic acids is 1. The number of amides is 1. The van der Waals surface area contributed by atoms with E-state index in [0.717, 1.165) is 25.1 Å². The first-order chi connectivity index (χ1) is 12.9. The largest absolute Gasteiger partial charge is 0.337 e. The summed E-state index contributed by atoms with van der Waals surface area (Å²) in [4.78, 5) is 14.6. The van der Waals surface area contributed by atoms with Crippen LogP contribution < -0.4 is 10.0 Å². The van der Waals surface area contributed by atoms with Gasteiger partial charge in [0, 0.05) is 19.6 Å². The molecule has 1 saturated heterocycles. The fourth-order valence-electron chi connectivity index (χ4n) is 3.09. The standard InChI is InChI=1S/C19H22FN3O3S/c1-14-13-15(20)7-8-18(14)27(25,26)22-17-6-3-2-5-16(17)19(24)23-11-4-9-21-10-12-23/h2-3,5-8,13,21-22H,4,9-12H2,1H3. The lowest BCUT2D eigenvalue weighted by Crippen LogP contribution is -2.34. The number of aryl methyl sites for hydroxylation is 1. The summed E-state index contributed by atoms with van der Waals surface area (Å²) in [5.74, 6) is -0.718. The van der Waals surface area contributed by atoms with Gasteiger partial charge in [-0.15, -0.1) is 0 Å². The zero-order valence-corrected chi connectivity index (χ0v) is 15.9. The number of nitrogens with zero attached hydrogens (tertiary/aromatic N) is 1. The van der Waals surface area contributed by atoms with Crippen molar-refractivity contribution in [2.45, 2.75) is 18.2 Å². The van der Waals surface area contributed by atoms with E-state index in [4.69, 9.17) is 0 Å². The number of benzene rings is 2. The zero-order chi connectivity index (χ0) is 19.4. The lowest BCUT2D eigenvalue weighted by Gasteiger charge is -2.22. The van der Waals surface area contributed by atoms with Crippen molar-refractivity contribution in [2.24, 2.45) is 0 Å². The van der Waals surface area contributed by atoms with Crippen LogP contribution in [0.3, 0.4) is 0 Å². The number of hydrogen-bond acceptors (Lipinski definition) is 4. The second kappa shape index (κ2) is 8.06. The normalized spacial score (nSPS) is 15.3. The summed E-state index contributed by atoms with van der Waals surface area (Å²) in [6, 6.07) is 10.0. The molecule has 2 aromatic rings. The van der Waals surface area contributed by atoms with E-state index in [1.165, 1.54) is 13.0 Å². The molecule has 8 heteroatoms. The van der Waals surface area contributed by atoms with Crippen molar-refractivity contribution in [1.29, 1.82) is 0 Å². The molecule has 6 nitrogen and oxygen atoms in total. The predicted octanol–water partition coefficient (Wildman–Crippen LogP) is 2.37. The van der Waals surface area contributed by atoms with Crippen molar-refractivity contribution in [1.82, 2.24) is 10.2 Å². The van der Waals surface area contributed by atoms with E-state index < -0.39 is 15.8 Å². The van der Waals surface area contributed by atoms with Gasteiger partial charge >= 0.3 is 0 Å². The van der Waals surface area contributed by atoms with E-state index in [1.807, 2.05) is 0 Å². The Morgan fingerprint density at radius 2 is 1.93 bits per heavy atom. The molecule has 0 atom stereocenters. The van der Waals surface area contributed by atoms with Crippen molar-refractivity contribution >= 4 is 21.6 Å². The van der Waals surface area contributed by atoms with Gasteiger partial charge < -0.3 is 10.2 Å². The third-order valence-electron chi connectivity index (χ3n) is 4.46. The van der Waals surface area contributed by atoms with E-state index in [1.54, 1.807) is 29.2 Å². The molecule has 1 amide bonds. The third-order valence-corrected chi connectivity index (χ3v) is 5.98. The van der Waals surface area contributed by atoms with Gasteiger partial charge in [-0.25, -0.2) is 12.8 Å². The second-order valence-corrected chi connectivity index (χ2v) is 8.11. The average molecular weight is 391 g/mol. The minimum Gasteiger partial charge on any atom is -0.337 e. The number of rotatable bonds is 4. The maximum atomic E-state index is 13.3. The second-order valence-electron chi connectivity index (χ2n) is 6.46. The highest BCUT2D eigenvalue weighted by atomic mass is 32.2. The molecule has 144 valence electrons. The molecule has 0 saturated carbocycles. The van der Waals surface area contributed by atoms with Crippen LogP contribution in [0.1, 0.15) is 22.3 Å². The Morgan fingerprint density at radius 3 is 2.70 bits per heavy atom. The molecular formula is C19H22FN3O3S. The topological polar surface area (TPSA) is 78.5 Å². The van der Waals surface area contributed by atoms with Crippen LogP contribution in [-0.4, -0.2) is 45.4 Å². The maximum absolute atomic E-state index is 13.3. The van der Waals surface area contributed by atoms with Crippen molar-refractivity contribution in [2.75, 3.05) is 30.9 Å². The third kappa shape index (κ3) is 4.45. The van der Waals surface area contributed by atoms with Crippen LogP contribution in [0.2, 0.25) is 0 Å². The molecule has 0 bridgehead atoms. The number of anilines is 1. The summed E-state index contributed by atoms with van der Waals surface area (Å²) >= 11 is 0. The van der Waals surface area contributed by atoms with Crippen molar-refractivity contribution in [3.05, 3.63) is 59.4 Å². The summed E-state index contributed by atoms with van der Waals surface area (Å²) in [6.45, 7) is 4.26. The van der Waals surface area contributed by atoms with E-state index in [0.29, 0.717) is 30.8 Å². The fraction of sp³-hybridized carbons (Fsp3) is 0.316. The Hall–Kier alpha value is -2.45. The molecule has 2 N–H and O–H groups in total. The van der Waals surface area contributed by atoms with Crippen molar-refractivity contribution in [3.8, 4) is 0 Å². The highest BCUT2D eigenvalue weighted by molar-refractivity contribution is 7.92. The number of nitrogens with one attached hydrogen (secondary N) is 2. The fourth-order valence-corrected chi connectivity index (χ4v) is 4.40. The van der Waals surface area contributed by atoms with Crippen LogP contribution in [0, 0.1) is 12.7 Å². The Balaban J connectivity index is 1.90. The molecule has 0 aliphatic carbocycles. The quantitative estimate of drug-likeness (QED) is 0.839. The molecule has 0 spiro atoms. The minimum atomic E-state index is -3.95. The molecule has 0 unspecified atom stereocenters. The summed E-state index contributed by atoms with van der Waals surface area (Å²) in [6.07, 6.45) is 0.842. The van der Waals surface area contributed by atoms with Gasteiger partial charge in [-0.1, -0.05) is 12.1 Å². The smallest absolute Gasteiger partial charge is 0.262 e. The number of para-hydroxylation sites is 1. The van der Waals surface area contributed by atoms with E-state index in [2.05, 4.69) is 10.0 Å². The molecule has 2 aromatic carbocycles. The summed E-state index contributed by atoms with van der Waals surface area (Å²) in [7, 11) is -3.95. The molecule has 27 heavy (non-hydrogen) atoms. The van der Waals surface area contributed by atoms with Crippen LogP contribution in [0.5, 0.6) is 0 Å². The summed E-state index contributed by atoms with van der Waals surface area (Å²) < 4.78 is 41.3. The first kappa shape index (κ1) is 19.3. The molecule has 1 aliphatic heterocycles. The van der Waals surface area contributed by atoms with Crippen molar-refractivity contribution < 1.29 is 17.6 Å². The van der Waals surface area contributed by atoms with Gasteiger partial charge in [-0.05, 0) is 55.8 Å². The minimum absolute atomic E-state index is 0.0230. The molecule has 1 fully saturated rings. The Morgan fingerprint density at radius 1 is 1.15 bits per heavy atom. The van der Waals surface area contributed by atoms with Gasteiger partial charge in [0.05, 0.1) is 16.1 Å². The molecule has 0 radical (unpaired) electrons. The van der Waals surface area contributed by atoms with E-state index in [9.17, 15) is 17.6 Å².